The Labute approximate surface area is 49.9 Å². The predicted octanol–water partition coefficient (Wildman–Crippen LogP) is 0.968. The molecule has 0 saturated carbocycles. The van der Waals surface area contributed by atoms with Crippen LogP contribution in [0.5, 0.6) is 0 Å². The molecule has 4 heteroatoms. The molecule has 38 valence electrons. The second-order valence-corrected chi connectivity index (χ2v) is 3.49. The molecule has 1 saturated heterocycles. The lowest BCUT2D eigenvalue weighted by Crippen LogP contribution is -2.23. The Morgan fingerprint density at radius 3 is 3.00 bits per heavy atom. The van der Waals surface area contributed by atoms with Gasteiger partial charge in [0, 0.05) is 21.8 Å². The van der Waals surface area contributed by atoms with Crippen molar-refractivity contribution in [1.82, 2.24) is 4.31 Å². The zero-order chi connectivity index (χ0) is 4.69. The molecule has 0 bridgehead atoms. The van der Waals surface area contributed by atoms with Crippen LogP contribution in [-0.2, 0) is 0 Å². The highest BCUT2D eigenvalue weighted by Gasteiger charge is 2.27. The molecule has 0 N–H and O–H groups in total. The number of nitrogens with zero attached hydrogens (tertiary/aromatic N) is 2. The molecule has 0 atom stereocenters. The second-order valence-electron chi connectivity index (χ2n) is 1.42. The van der Waals surface area contributed by atoms with Gasteiger partial charge in [0.15, 0.2) is 5.17 Å². The van der Waals surface area contributed by atoms with E-state index in [-0.39, 0.29) is 0 Å². The van der Waals surface area contributed by atoms with E-state index in [4.69, 9.17) is 0 Å². The average Bonchev–Trinajstić information content (AvgIpc) is 1.85. The van der Waals surface area contributed by atoms with Crippen molar-refractivity contribution in [3.63, 3.8) is 0 Å². The quantitative estimate of drug-likeness (QED) is 0.361. The van der Waals surface area contributed by atoms with E-state index < -0.39 is 0 Å². The first-order valence-corrected chi connectivity index (χ1v) is 4.24. The summed E-state index contributed by atoms with van der Waals surface area (Å²) in [6, 6.07) is 0. The topological polar surface area (TPSA) is 15.6 Å². The molecular weight excluding hydrogens is 128 g/mol. The molecular formula is C3H4N2S2. The third kappa shape index (κ3) is 0.466. The summed E-state index contributed by atoms with van der Waals surface area (Å²) < 4.78 is 2.21. The Hall–Kier alpha value is 0.170. The zero-order valence-corrected chi connectivity index (χ0v) is 5.26. The first-order chi connectivity index (χ1) is 3.47. The molecule has 0 aromatic rings. The van der Waals surface area contributed by atoms with E-state index in [1.54, 1.807) is 21.8 Å². The molecule has 0 unspecified atom stereocenters. The highest BCUT2D eigenvalue weighted by molar-refractivity contribution is 8.85. The Kier molecular flexibility index (Phi) is 0.772. The van der Waals surface area contributed by atoms with Gasteiger partial charge >= 0.3 is 0 Å². The molecule has 2 aliphatic rings. The summed E-state index contributed by atoms with van der Waals surface area (Å²) in [7, 11) is 3.56. The van der Waals surface area contributed by atoms with E-state index in [1.165, 1.54) is 5.17 Å². The average molecular weight is 132 g/mol. The number of hydrogen-bond acceptors (Lipinski definition) is 4. The molecule has 1 fully saturated rings. The highest BCUT2D eigenvalue weighted by atomic mass is 33.1. The van der Waals surface area contributed by atoms with Crippen molar-refractivity contribution in [3.8, 4) is 0 Å². The van der Waals surface area contributed by atoms with E-state index >= 15 is 0 Å². The van der Waals surface area contributed by atoms with Gasteiger partial charge < -0.3 is 0 Å². The van der Waals surface area contributed by atoms with E-state index in [0.29, 0.717) is 0 Å². The minimum atomic E-state index is 1.01. The van der Waals surface area contributed by atoms with Crippen LogP contribution in [0.3, 0.4) is 0 Å². The number of aliphatic imine (C=N–C) groups is 1. The number of amidine groups is 1. The number of hydrogen-bond donors (Lipinski definition) is 0. The lowest BCUT2D eigenvalue weighted by Gasteiger charge is -2.24. The normalized spacial score (nSPS) is 26.3. The molecule has 0 aromatic carbocycles. The third-order valence-electron chi connectivity index (χ3n) is 0.965. The van der Waals surface area contributed by atoms with Gasteiger partial charge in [-0.25, -0.2) is 0 Å². The molecule has 7 heavy (non-hydrogen) atoms. The van der Waals surface area contributed by atoms with Crippen LogP contribution in [-0.4, -0.2) is 22.6 Å². The van der Waals surface area contributed by atoms with Crippen LogP contribution >= 0.6 is 21.8 Å². The SMILES string of the molecule is C1CN2SSC2=N1. The van der Waals surface area contributed by atoms with Gasteiger partial charge in [0.25, 0.3) is 0 Å². The highest BCUT2D eigenvalue weighted by Crippen LogP contribution is 2.43. The van der Waals surface area contributed by atoms with Gasteiger partial charge in [0.05, 0.1) is 13.1 Å². The summed E-state index contributed by atoms with van der Waals surface area (Å²) >= 11 is 0. The lowest BCUT2D eigenvalue weighted by atomic mass is 10.7. The second kappa shape index (κ2) is 1.32. The largest absolute Gasteiger partial charge is 0.283 e. The fourth-order valence-electron chi connectivity index (χ4n) is 0.598. The maximum absolute atomic E-state index is 4.19. The van der Waals surface area contributed by atoms with Crippen molar-refractivity contribution in [2.24, 2.45) is 4.99 Å². The molecule has 2 heterocycles. The minimum Gasteiger partial charge on any atom is -0.283 e. The van der Waals surface area contributed by atoms with Crippen molar-refractivity contribution in [2.45, 2.75) is 0 Å². The molecule has 2 nitrogen and oxygen atoms in total. The van der Waals surface area contributed by atoms with Crippen LogP contribution in [0.4, 0.5) is 0 Å². The molecule has 0 aromatic heterocycles. The predicted molar refractivity (Wildman–Crippen MR) is 34.2 cm³/mol. The van der Waals surface area contributed by atoms with Crippen molar-refractivity contribution in [2.75, 3.05) is 13.1 Å². The van der Waals surface area contributed by atoms with Crippen LogP contribution < -0.4 is 0 Å². The van der Waals surface area contributed by atoms with Gasteiger partial charge in [-0.1, -0.05) is 0 Å². The molecule has 2 aliphatic heterocycles. The van der Waals surface area contributed by atoms with Crippen LogP contribution in [0.1, 0.15) is 0 Å². The van der Waals surface area contributed by atoms with Crippen LogP contribution in [0.25, 0.3) is 0 Å². The first-order valence-electron chi connectivity index (χ1n) is 2.13. The van der Waals surface area contributed by atoms with Gasteiger partial charge in [0.2, 0.25) is 0 Å². The molecule has 0 spiro atoms. The molecule has 0 aliphatic carbocycles. The van der Waals surface area contributed by atoms with Crippen molar-refractivity contribution < 1.29 is 0 Å². The summed E-state index contributed by atoms with van der Waals surface area (Å²) in [5, 5.41) is 1.23. The van der Waals surface area contributed by atoms with Gasteiger partial charge in [0.1, 0.15) is 0 Å². The maximum Gasteiger partial charge on any atom is 0.182 e. The Bertz CT molecular complexity index is 122. The summed E-state index contributed by atoms with van der Waals surface area (Å²) in [5.74, 6) is 0. The van der Waals surface area contributed by atoms with Crippen LogP contribution in [0, 0.1) is 0 Å². The third-order valence-corrected chi connectivity index (χ3v) is 3.40. The summed E-state index contributed by atoms with van der Waals surface area (Å²) in [6.07, 6.45) is 0. The number of fused-ring (bicyclic) bond motifs is 1. The van der Waals surface area contributed by atoms with Crippen molar-refractivity contribution >= 4 is 26.9 Å². The van der Waals surface area contributed by atoms with Crippen LogP contribution in [0.2, 0.25) is 0 Å². The van der Waals surface area contributed by atoms with Crippen molar-refractivity contribution in [1.29, 1.82) is 0 Å². The van der Waals surface area contributed by atoms with Crippen LogP contribution in [0.15, 0.2) is 4.99 Å². The summed E-state index contributed by atoms with van der Waals surface area (Å²) in [6.45, 7) is 2.14. The Morgan fingerprint density at radius 1 is 1.71 bits per heavy atom. The summed E-state index contributed by atoms with van der Waals surface area (Å²) in [4.78, 5) is 4.19. The fourth-order valence-corrected chi connectivity index (χ4v) is 2.42. The number of rotatable bonds is 0. The standard InChI is InChI=1S/C3H4N2S2/c1-2-5-3(4-1)6-7-5/h1-2H2. The van der Waals surface area contributed by atoms with Gasteiger partial charge in [-0.15, -0.1) is 0 Å². The maximum atomic E-state index is 4.19. The molecule has 0 radical (unpaired) electrons. The zero-order valence-electron chi connectivity index (χ0n) is 3.63. The van der Waals surface area contributed by atoms with E-state index in [1.807, 2.05) is 0 Å². The fraction of sp³-hybridized carbons (Fsp3) is 0.667. The van der Waals surface area contributed by atoms with E-state index in [9.17, 15) is 0 Å². The Morgan fingerprint density at radius 2 is 2.71 bits per heavy atom. The van der Waals surface area contributed by atoms with E-state index in [0.717, 1.165) is 13.1 Å². The summed E-state index contributed by atoms with van der Waals surface area (Å²) in [5.41, 5.74) is 0. The van der Waals surface area contributed by atoms with Gasteiger partial charge in [-0.3, -0.25) is 9.30 Å². The van der Waals surface area contributed by atoms with Gasteiger partial charge in [-0.2, -0.15) is 0 Å². The first kappa shape index (κ1) is 4.09. The molecule has 0 amide bonds. The monoisotopic (exact) mass is 132 g/mol. The van der Waals surface area contributed by atoms with Gasteiger partial charge in [-0.05, 0) is 0 Å². The Balaban J connectivity index is 2.21. The molecule has 2 rings (SSSR count). The minimum absolute atomic E-state index is 1.01. The lowest BCUT2D eigenvalue weighted by molar-refractivity contribution is 0.747. The smallest absolute Gasteiger partial charge is 0.182 e. The van der Waals surface area contributed by atoms with E-state index in [2.05, 4.69) is 9.30 Å². The van der Waals surface area contributed by atoms with Crippen molar-refractivity contribution in [3.05, 3.63) is 0 Å².